The quantitative estimate of drug-likeness (QED) is 0.882. The number of piperazine rings is 1. The van der Waals surface area contributed by atoms with Crippen molar-refractivity contribution in [1.82, 2.24) is 9.21 Å². The van der Waals surface area contributed by atoms with E-state index in [-0.39, 0.29) is 10.5 Å². The number of rotatable bonds is 5. The number of carbonyl (C=O) groups is 1. The Hall–Kier alpha value is -1.44. The van der Waals surface area contributed by atoms with Crippen LogP contribution in [-0.4, -0.2) is 61.4 Å². The van der Waals surface area contributed by atoms with Gasteiger partial charge in [0.1, 0.15) is 0 Å². The number of carboxylic acids is 1. The van der Waals surface area contributed by atoms with Gasteiger partial charge in [-0.15, -0.1) is 0 Å². The van der Waals surface area contributed by atoms with Crippen molar-refractivity contribution in [3.05, 3.63) is 29.3 Å². The minimum atomic E-state index is -3.66. The lowest BCUT2D eigenvalue weighted by atomic mass is 10.1. The van der Waals surface area contributed by atoms with Crippen LogP contribution < -0.4 is 0 Å². The van der Waals surface area contributed by atoms with Crippen molar-refractivity contribution in [3.8, 4) is 0 Å². The topological polar surface area (TPSA) is 77.9 Å². The van der Waals surface area contributed by atoms with E-state index >= 15 is 0 Å². The van der Waals surface area contributed by atoms with Crippen LogP contribution in [0.2, 0.25) is 0 Å². The van der Waals surface area contributed by atoms with E-state index in [1.165, 1.54) is 22.5 Å². The fraction of sp³-hybridized carbons (Fsp3) is 0.562. The number of aromatic carboxylic acids is 1. The zero-order chi connectivity index (χ0) is 17.2. The van der Waals surface area contributed by atoms with Crippen molar-refractivity contribution in [2.24, 2.45) is 5.92 Å². The molecule has 1 aromatic carbocycles. The first-order chi connectivity index (χ1) is 10.7. The van der Waals surface area contributed by atoms with Gasteiger partial charge in [-0.3, -0.25) is 0 Å². The van der Waals surface area contributed by atoms with Gasteiger partial charge in [-0.05, 0) is 30.5 Å². The van der Waals surface area contributed by atoms with Crippen LogP contribution in [0.4, 0.5) is 0 Å². The Morgan fingerprint density at radius 1 is 1.22 bits per heavy atom. The maximum absolute atomic E-state index is 12.8. The average molecular weight is 340 g/mol. The Labute approximate surface area is 137 Å². The lowest BCUT2D eigenvalue weighted by Gasteiger charge is -2.35. The summed E-state index contributed by atoms with van der Waals surface area (Å²) in [6, 6.07) is 4.40. The molecule has 23 heavy (non-hydrogen) atoms. The summed E-state index contributed by atoms with van der Waals surface area (Å²) in [6.45, 7) is 9.07. The molecule has 128 valence electrons. The van der Waals surface area contributed by atoms with Gasteiger partial charge in [-0.1, -0.05) is 19.9 Å². The Bertz CT molecular complexity index is 677. The normalized spacial score (nSPS) is 17.6. The lowest BCUT2D eigenvalue weighted by Crippen LogP contribution is -2.49. The maximum Gasteiger partial charge on any atom is 0.335 e. The second kappa shape index (κ2) is 6.98. The molecule has 7 heteroatoms. The fourth-order valence-corrected chi connectivity index (χ4v) is 4.60. The Morgan fingerprint density at radius 3 is 2.35 bits per heavy atom. The molecule has 0 spiro atoms. The molecule has 1 saturated heterocycles. The summed E-state index contributed by atoms with van der Waals surface area (Å²) in [5.41, 5.74) is 0.328. The summed E-state index contributed by atoms with van der Waals surface area (Å²) in [6.07, 6.45) is 0. The number of hydrogen-bond donors (Lipinski definition) is 1. The zero-order valence-corrected chi connectivity index (χ0v) is 14.6. The Balaban J connectivity index is 2.21. The van der Waals surface area contributed by atoms with Gasteiger partial charge < -0.3 is 10.0 Å². The molecule has 0 atom stereocenters. The molecule has 0 amide bonds. The molecule has 2 rings (SSSR count). The molecule has 0 saturated carbocycles. The van der Waals surface area contributed by atoms with Gasteiger partial charge in [0.05, 0.1) is 10.5 Å². The maximum atomic E-state index is 12.8. The highest BCUT2D eigenvalue weighted by atomic mass is 32.2. The fourth-order valence-electron chi connectivity index (χ4n) is 2.93. The smallest absolute Gasteiger partial charge is 0.335 e. The second-order valence-corrected chi connectivity index (χ2v) is 8.24. The van der Waals surface area contributed by atoms with Gasteiger partial charge in [-0.25, -0.2) is 13.2 Å². The molecule has 0 radical (unpaired) electrons. The molecule has 1 fully saturated rings. The van der Waals surface area contributed by atoms with Gasteiger partial charge in [-0.2, -0.15) is 4.31 Å². The van der Waals surface area contributed by atoms with E-state index in [0.29, 0.717) is 37.7 Å². The van der Waals surface area contributed by atoms with Crippen LogP contribution >= 0.6 is 0 Å². The molecule has 1 heterocycles. The van der Waals surface area contributed by atoms with E-state index in [4.69, 9.17) is 5.11 Å². The van der Waals surface area contributed by atoms with E-state index in [9.17, 15) is 13.2 Å². The molecule has 1 aliphatic heterocycles. The van der Waals surface area contributed by atoms with E-state index < -0.39 is 16.0 Å². The second-order valence-electron chi connectivity index (χ2n) is 6.33. The molecule has 0 aromatic heterocycles. The van der Waals surface area contributed by atoms with E-state index in [0.717, 1.165) is 6.54 Å². The number of sulfonamides is 1. The zero-order valence-electron chi connectivity index (χ0n) is 13.8. The molecule has 0 aliphatic carbocycles. The summed E-state index contributed by atoms with van der Waals surface area (Å²) in [4.78, 5) is 13.6. The van der Waals surface area contributed by atoms with Crippen molar-refractivity contribution in [3.63, 3.8) is 0 Å². The Kier molecular flexibility index (Phi) is 5.44. The molecule has 1 N–H and O–H groups in total. The van der Waals surface area contributed by atoms with E-state index in [1.54, 1.807) is 6.92 Å². The average Bonchev–Trinajstić information content (AvgIpc) is 2.46. The SMILES string of the molecule is Cc1c(C(=O)O)cccc1S(=O)(=O)N1CCN(CC(C)C)CC1. The van der Waals surface area contributed by atoms with E-state index in [1.807, 2.05) is 0 Å². The van der Waals surface area contributed by atoms with Gasteiger partial charge in [0.25, 0.3) is 0 Å². The molecule has 1 aromatic rings. The summed E-state index contributed by atoms with van der Waals surface area (Å²) in [7, 11) is -3.66. The minimum absolute atomic E-state index is 0.0320. The Morgan fingerprint density at radius 2 is 1.83 bits per heavy atom. The van der Waals surface area contributed by atoms with Crippen LogP contribution in [0.25, 0.3) is 0 Å². The lowest BCUT2D eigenvalue weighted by molar-refractivity contribution is 0.0696. The third-order valence-corrected chi connectivity index (χ3v) is 6.13. The van der Waals surface area contributed by atoms with Crippen LogP contribution in [0.1, 0.15) is 29.8 Å². The first kappa shape index (κ1) is 17.9. The van der Waals surface area contributed by atoms with Crippen LogP contribution in [0.3, 0.4) is 0 Å². The third-order valence-electron chi connectivity index (χ3n) is 4.09. The first-order valence-corrected chi connectivity index (χ1v) is 9.23. The van der Waals surface area contributed by atoms with Crippen LogP contribution in [0.5, 0.6) is 0 Å². The van der Waals surface area contributed by atoms with Gasteiger partial charge >= 0.3 is 5.97 Å². The molecular formula is C16H24N2O4S. The highest BCUT2D eigenvalue weighted by Gasteiger charge is 2.30. The van der Waals surface area contributed by atoms with Crippen molar-refractivity contribution in [1.29, 1.82) is 0 Å². The molecule has 0 unspecified atom stereocenters. The van der Waals surface area contributed by atoms with Gasteiger partial charge in [0.2, 0.25) is 10.0 Å². The van der Waals surface area contributed by atoms with Crippen molar-refractivity contribution < 1.29 is 18.3 Å². The standard InChI is InChI=1S/C16H24N2O4S/c1-12(2)11-17-7-9-18(10-8-17)23(21,22)15-6-4-5-14(13(15)3)16(19)20/h4-6,12H,7-11H2,1-3H3,(H,19,20). The highest BCUT2D eigenvalue weighted by Crippen LogP contribution is 2.24. The molecule has 0 bridgehead atoms. The van der Waals surface area contributed by atoms with Gasteiger partial charge in [0.15, 0.2) is 0 Å². The molecular weight excluding hydrogens is 316 g/mol. The highest BCUT2D eigenvalue weighted by molar-refractivity contribution is 7.89. The summed E-state index contributed by atoms with van der Waals surface area (Å²) in [5.74, 6) is -0.561. The van der Waals surface area contributed by atoms with Crippen molar-refractivity contribution >= 4 is 16.0 Å². The van der Waals surface area contributed by atoms with Crippen LogP contribution in [0, 0.1) is 12.8 Å². The van der Waals surface area contributed by atoms with E-state index in [2.05, 4.69) is 18.7 Å². The van der Waals surface area contributed by atoms with Crippen LogP contribution in [0.15, 0.2) is 23.1 Å². The predicted molar refractivity (Wildman–Crippen MR) is 88.2 cm³/mol. The van der Waals surface area contributed by atoms with Gasteiger partial charge in [0, 0.05) is 32.7 Å². The molecule has 6 nitrogen and oxygen atoms in total. The van der Waals surface area contributed by atoms with Crippen molar-refractivity contribution in [2.45, 2.75) is 25.7 Å². The number of hydrogen-bond acceptors (Lipinski definition) is 4. The van der Waals surface area contributed by atoms with Crippen LogP contribution in [-0.2, 0) is 10.0 Å². The number of nitrogens with zero attached hydrogens (tertiary/aromatic N) is 2. The molecule has 1 aliphatic rings. The minimum Gasteiger partial charge on any atom is -0.478 e. The number of carboxylic acid groups (broad SMARTS) is 1. The summed E-state index contributed by atoms with van der Waals surface area (Å²) in [5, 5.41) is 9.17. The summed E-state index contributed by atoms with van der Waals surface area (Å²) >= 11 is 0. The number of benzene rings is 1. The predicted octanol–water partition coefficient (Wildman–Crippen LogP) is 1.66. The third kappa shape index (κ3) is 3.91. The summed E-state index contributed by atoms with van der Waals surface area (Å²) < 4.78 is 27.1. The monoisotopic (exact) mass is 340 g/mol. The first-order valence-electron chi connectivity index (χ1n) is 7.79. The largest absolute Gasteiger partial charge is 0.478 e. The van der Waals surface area contributed by atoms with Crippen molar-refractivity contribution in [2.75, 3.05) is 32.7 Å².